The number of benzene rings is 1. The summed E-state index contributed by atoms with van der Waals surface area (Å²) < 4.78 is 40.3. The van der Waals surface area contributed by atoms with Gasteiger partial charge in [0.15, 0.2) is 5.82 Å². The predicted octanol–water partition coefficient (Wildman–Crippen LogP) is 5.46. The van der Waals surface area contributed by atoms with Crippen molar-refractivity contribution >= 4 is 52.2 Å². The highest BCUT2D eigenvalue weighted by Crippen LogP contribution is 2.37. The Bertz CT molecular complexity index is 885. The Kier molecular flexibility index (Phi) is 5.35. The first-order valence-electron chi connectivity index (χ1n) is 7.00. The molecule has 0 fully saturated rings. The number of halogens is 4. The van der Waals surface area contributed by atoms with Gasteiger partial charge in [-0.1, -0.05) is 11.6 Å². The molecule has 0 saturated carbocycles. The van der Waals surface area contributed by atoms with Gasteiger partial charge in [0.05, 0.1) is 21.1 Å². The van der Waals surface area contributed by atoms with E-state index in [4.69, 9.17) is 11.6 Å². The van der Waals surface area contributed by atoms with Crippen molar-refractivity contribution in [3.8, 4) is 0 Å². The smallest absolute Gasteiger partial charge is 0.346 e. The number of hydrogen-bond acceptors (Lipinski definition) is 5. The number of hydrogen-bond donors (Lipinski definition) is 1. The Morgan fingerprint density at radius 1 is 1.24 bits per heavy atom. The molecule has 0 aliphatic heterocycles. The number of rotatable bonds is 5. The van der Waals surface area contributed by atoms with Crippen molar-refractivity contribution in [2.75, 3.05) is 16.4 Å². The zero-order valence-corrected chi connectivity index (χ0v) is 15.2. The van der Waals surface area contributed by atoms with E-state index in [0.717, 1.165) is 29.0 Å². The number of nitrogens with zero attached hydrogens (tertiary/aromatic N) is 3. The number of H-pyrrole nitrogens is 1. The molecule has 25 heavy (non-hydrogen) atoms. The maximum absolute atomic E-state index is 12.8. The van der Waals surface area contributed by atoms with Gasteiger partial charge in [-0.25, -0.2) is 9.97 Å². The molecule has 0 saturated heterocycles. The molecule has 0 aliphatic carbocycles. The molecule has 0 atom stereocenters. The molecule has 2 heterocycles. The summed E-state index contributed by atoms with van der Waals surface area (Å²) in [5, 5.41) is 1.66. The Hall–Kier alpha value is -1.58. The first-order chi connectivity index (χ1) is 11.9. The Balaban J connectivity index is 1.68. The lowest BCUT2D eigenvalue weighted by Gasteiger charge is -2.17. The molecule has 10 heteroatoms. The summed E-state index contributed by atoms with van der Waals surface area (Å²) in [6.45, 7) is 0. The quantitative estimate of drug-likeness (QED) is 0.347. The fraction of sp³-hybridized carbons (Fsp3) is 0.200. The van der Waals surface area contributed by atoms with E-state index < -0.39 is 11.7 Å². The minimum absolute atomic E-state index is 0.302. The van der Waals surface area contributed by atoms with Gasteiger partial charge in [-0.15, -0.1) is 11.8 Å². The van der Waals surface area contributed by atoms with Crippen molar-refractivity contribution in [2.45, 2.75) is 11.1 Å². The van der Waals surface area contributed by atoms with Crippen LogP contribution in [0.2, 0.25) is 5.02 Å². The zero-order valence-electron chi connectivity index (χ0n) is 12.8. The molecule has 0 radical (unpaired) electrons. The number of alkyl halides is 3. The maximum atomic E-state index is 12.8. The summed E-state index contributed by atoms with van der Waals surface area (Å²) in [6.07, 6.45) is -1.15. The van der Waals surface area contributed by atoms with Gasteiger partial charge in [0.1, 0.15) is 12.0 Å². The van der Waals surface area contributed by atoms with Crippen LogP contribution in [-0.2, 0) is 6.18 Å². The van der Waals surface area contributed by atoms with E-state index >= 15 is 0 Å². The number of nitrogens with one attached hydrogen (secondary N) is 1. The van der Waals surface area contributed by atoms with Gasteiger partial charge >= 0.3 is 6.18 Å². The standard InChI is InChI=1S/C15H12ClF3N4S2/c1-23(14-10-4-5-20-13(10)21-7-22-14)25-8-24-12-6-9(15(17,18)19)2-3-11(12)16/h2-7H,8H2,1H3,(H,20,21,22). The van der Waals surface area contributed by atoms with Gasteiger partial charge < -0.3 is 9.29 Å². The topological polar surface area (TPSA) is 44.8 Å². The highest BCUT2D eigenvalue weighted by atomic mass is 35.5. The van der Waals surface area contributed by atoms with Crippen molar-refractivity contribution < 1.29 is 13.2 Å². The molecule has 3 rings (SSSR count). The van der Waals surface area contributed by atoms with Crippen molar-refractivity contribution in [1.29, 1.82) is 0 Å². The van der Waals surface area contributed by atoms with Gasteiger partial charge in [-0.3, -0.25) is 0 Å². The second-order valence-electron chi connectivity index (χ2n) is 4.97. The van der Waals surface area contributed by atoms with Crippen LogP contribution in [0.25, 0.3) is 11.0 Å². The zero-order chi connectivity index (χ0) is 18.0. The Morgan fingerprint density at radius 2 is 2.04 bits per heavy atom. The van der Waals surface area contributed by atoms with E-state index in [1.807, 2.05) is 17.4 Å². The maximum Gasteiger partial charge on any atom is 0.416 e. The Labute approximate surface area is 155 Å². The van der Waals surface area contributed by atoms with Gasteiger partial charge in [0.25, 0.3) is 0 Å². The molecule has 3 aromatic rings. The summed E-state index contributed by atoms with van der Waals surface area (Å²) in [5.74, 6) is 0.729. The molecular formula is C15H12ClF3N4S2. The van der Waals surface area contributed by atoms with Crippen LogP contribution in [0.15, 0.2) is 41.7 Å². The first kappa shape index (κ1) is 18.2. The predicted molar refractivity (Wildman–Crippen MR) is 97.1 cm³/mol. The lowest BCUT2D eigenvalue weighted by atomic mass is 10.2. The molecule has 0 aliphatic rings. The van der Waals surface area contributed by atoms with Gasteiger partial charge in [0.2, 0.25) is 0 Å². The molecule has 0 amide bonds. The highest BCUT2D eigenvalue weighted by Gasteiger charge is 2.31. The van der Waals surface area contributed by atoms with E-state index in [9.17, 15) is 13.2 Å². The number of aromatic amines is 1. The van der Waals surface area contributed by atoms with Crippen molar-refractivity contribution in [3.63, 3.8) is 0 Å². The Morgan fingerprint density at radius 3 is 2.80 bits per heavy atom. The lowest BCUT2D eigenvalue weighted by Crippen LogP contribution is -2.09. The number of thioether (sulfide) groups is 1. The van der Waals surface area contributed by atoms with Crippen LogP contribution in [0.3, 0.4) is 0 Å². The van der Waals surface area contributed by atoms with Crippen LogP contribution in [0.4, 0.5) is 19.0 Å². The van der Waals surface area contributed by atoms with Crippen molar-refractivity contribution in [1.82, 2.24) is 15.0 Å². The fourth-order valence-electron chi connectivity index (χ4n) is 2.13. The largest absolute Gasteiger partial charge is 0.416 e. The average molecular weight is 405 g/mol. The molecular weight excluding hydrogens is 393 g/mol. The number of fused-ring (bicyclic) bond motifs is 1. The average Bonchev–Trinajstić information content (AvgIpc) is 3.03. The minimum atomic E-state index is -4.38. The van der Waals surface area contributed by atoms with Crippen LogP contribution >= 0.6 is 35.3 Å². The SMILES string of the molecule is CN(SCSc1cc(C(F)(F)F)ccc1Cl)c1ncnc2[nH]ccc12. The molecule has 1 aromatic carbocycles. The van der Waals surface area contributed by atoms with Crippen LogP contribution in [0, 0.1) is 0 Å². The van der Waals surface area contributed by atoms with Gasteiger partial charge in [-0.05, 0) is 36.2 Å². The van der Waals surface area contributed by atoms with Crippen LogP contribution < -0.4 is 4.31 Å². The summed E-state index contributed by atoms with van der Waals surface area (Å²) in [4.78, 5) is 11.8. The van der Waals surface area contributed by atoms with Crippen LogP contribution in [0.1, 0.15) is 5.56 Å². The van der Waals surface area contributed by atoms with E-state index in [2.05, 4.69) is 15.0 Å². The molecule has 0 bridgehead atoms. The summed E-state index contributed by atoms with van der Waals surface area (Å²) in [7, 11) is 1.84. The van der Waals surface area contributed by atoms with Crippen molar-refractivity contribution in [2.24, 2.45) is 0 Å². The third-order valence-electron chi connectivity index (χ3n) is 3.35. The van der Waals surface area contributed by atoms with Crippen molar-refractivity contribution in [3.05, 3.63) is 47.4 Å². The first-order valence-corrected chi connectivity index (χ1v) is 9.31. The normalized spacial score (nSPS) is 11.9. The molecule has 2 aromatic heterocycles. The third-order valence-corrected chi connectivity index (χ3v) is 5.89. The van der Waals surface area contributed by atoms with Crippen LogP contribution in [0.5, 0.6) is 0 Å². The molecule has 0 unspecified atom stereocenters. The molecule has 132 valence electrons. The highest BCUT2D eigenvalue weighted by molar-refractivity contribution is 8.16. The second-order valence-corrected chi connectivity index (χ2v) is 7.85. The summed E-state index contributed by atoms with van der Waals surface area (Å²) in [5.41, 5.74) is 0.0219. The number of aromatic nitrogens is 3. The molecule has 4 nitrogen and oxygen atoms in total. The fourth-order valence-corrected chi connectivity index (χ4v) is 4.45. The minimum Gasteiger partial charge on any atom is -0.346 e. The summed E-state index contributed by atoms with van der Waals surface area (Å²) >= 11 is 8.67. The third kappa shape index (κ3) is 4.16. The van der Waals surface area contributed by atoms with E-state index in [0.29, 0.717) is 15.0 Å². The van der Waals surface area contributed by atoms with E-state index in [1.54, 1.807) is 6.20 Å². The van der Waals surface area contributed by atoms with Gasteiger partial charge in [-0.2, -0.15) is 13.2 Å². The molecule has 1 N–H and O–H groups in total. The second kappa shape index (κ2) is 7.35. The van der Waals surface area contributed by atoms with E-state index in [1.165, 1.54) is 36.1 Å². The number of anilines is 1. The van der Waals surface area contributed by atoms with E-state index in [-0.39, 0.29) is 0 Å². The van der Waals surface area contributed by atoms with Gasteiger partial charge in [0, 0.05) is 18.1 Å². The molecule has 0 spiro atoms. The van der Waals surface area contributed by atoms with Crippen LogP contribution in [-0.4, -0.2) is 27.1 Å². The monoisotopic (exact) mass is 404 g/mol. The summed E-state index contributed by atoms with van der Waals surface area (Å²) in [6, 6.07) is 5.20. The lowest BCUT2D eigenvalue weighted by molar-refractivity contribution is -0.137.